The standard InChI is InChI=1S/C18H33N5O6S3/c1-31-7-5-10(19)15(25)23-13(9-30)17(27)21-11(6-8-32-2)16(26)22-12(18(28)29)3-4-14(20)24/h10-13,30H,3-9,19H2,1-2H3,(H2,20,24)(H,21,27)(H,22,26)(H,23,25)(H,28,29). The van der Waals surface area contributed by atoms with Gasteiger partial charge < -0.3 is 32.5 Å². The summed E-state index contributed by atoms with van der Waals surface area (Å²) in [4.78, 5) is 59.9. The molecule has 8 N–H and O–H groups in total. The lowest BCUT2D eigenvalue weighted by Crippen LogP contribution is -2.57. The number of carbonyl (C=O) groups is 5. The van der Waals surface area contributed by atoms with Gasteiger partial charge in [0.2, 0.25) is 23.6 Å². The lowest BCUT2D eigenvalue weighted by molar-refractivity contribution is -0.142. The summed E-state index contributed by atoms with van der Waals surface area (Å²) in [7, 11) is 0. The zero-order valence-electron chi connectivity index (χ0n) is 18.2. The Bertz CT molecular complexity index is 655. The lowest BCUT2D eigenvalue weighted by Gasteiger charge is -2.24. The number of nitrogens with two attached hydrogens (primary N) is 2. The number of hydrogen-bond acceptors (Lipinski definition) is 9. The van der Waals surface area contributed by atoms with Gasteiger partial charge in [-0.3, -0.25) is 19.2 Å². The topological polar surface area (TPSA) is 194 Å². The molecule has 32 heavy (non-hydrogen) atoms. The van der Waals surface area contributed by atoms with Gasteiger partial charge in [0.1, 0.15) is 18.1 Å². The van der Waals surface area contributed by atoms with E-state index >= 15 is 0 Å². The van der Waals surface area contributed by atoms with Gasteiger partial charge in [-0.15, -0.1) is 0 Å². The Labute approximate surface area is 201 Å². The summed E-state index contributed by atoms with van der Waals surface area (Å²) in [6, 6.07) is -4.19. The molecule has 0 aliphatic rings. The Morgan fingerprint density at radius 1 is 0.844 bits per heavy atom. The van der Waals surface area contributed by atoms with Crippen LogP contribution in [0.3, 0.4) is 0 Å². The van der Waals surface area contributed by atoms with Gasteiger partial charge in [0.25, 0.3) is 0 Å². The van der Waals surface area contributed by atoms with Crippen molar-refractivity contribution in [2.75, 3.05) is 29.8 Å². The van der Waals surface area contributed by atoms with Gasteiger partial charge in [-0.2, -0.15) is 36.2 Å². The molecule has 184 valence electrons. The maximum atomic E-state index is 12.7. The van der Waals surface area contributed by atoms with E-state index in [9.17, 15) is 29.1 Å². The summed E-state index contributed by atoms with van der Waals surface area (Å²) < 4.78 is 0. The van der Waals surface area contributed by atoms with Crippen LogP contribution in [0.2, 0.25) is 0 Å². The number of carboxylic acids is 1. The number of carboxylic acid groups (broad SMARTS) is 1. The van der Waals surface area contributed by atoms with Crippen LogP contribution in [-0.4, -0.2) is 88.6 Å². The van der Waals surface area contributed by atoms with E-state index in [1.54, 1.807) is 11.8 Å². The highest BCUT2D eigenvalue weighted by Gasteiger charge is 2.29. The molecule has 0 aliphatic heterocycles. The van der Waals surface area contributed by atoms with Crippen molar-refractivity contribution < 1.29 is 29.1 Å². The molecule has 0 heterocycles. The van der Waals surface area contributed by atoms with Gasteiger partial charge in [-0.25, -0.2) is 4.79 Å². The van der Waals surface area contributed by atoms with Crippen molar-refractivity contribution in [2.45, 2.75) is 49.9 Å². The minimum atomic E-state index is -1.33. The Morgan fingerprint density at radius 3 is 1.84 bits per heavy atom. The van der Waals surface area contributed by atoms with Gasteiger partial charge >= 0.3 is 5.97 Å². The van der Waals surface area contributed by atoms with Crippen LogP contribution in [0.1, 0.15) is 25.7 Å². The average molecular weight is 512 g/mol. The molecule has 4 unspecified atom stereocenters. The van der Waals surface area contributed by atoms with E-state index in [-0.39, 0.29) is 25.0 Å². The van der Waals surface area contributed by atoms with E-state index in [0.717, 1.165) is 0 Å². The number of primary amides is 1. The number of thioether (sulfide) groups is 2. The quantitative estimate of drug-likeness (QED) is 0.114. The molecule has 4 atom stereocenters. The molecule has 0 spiro atoms. The third-order valence-electron chi connectivity index (χ3n) is 4.32. The predicted octanol–water partition coefficient (Wildman–Crippen LogP) is -1.45. The van der Waals surface area contributed by atoms with Crippen LogP contribution in [0, 0.1) is 0 Å². The first-order valence-electron chi connectivity index (χ1n) is 9.83. The summed E-state index contributed by atoms with van der Waals surface area (Å²) in [5.74, 6) is -2.72. The second-order valence-corrected chi connectivity index (χ2v) is 9.22. The largest absolute Gasteiger partial charge is 0.480 e. The van der Waals surface area contributed by atoms with Gasteiger partial charge in [0.05, 0.1) is 6.04 Å². The summed E-state index contributed by atoms with van der Waals surface area (Å²) in [5, 5.41) is 16.7. The number of hydrogen-bond donors (Lipinski definition) is 7. The first-order chi connectivity index (χ1) is 15.1. The first-order valence-corrected chi connectivity index (χ1v) is 13.3. The molecule has 0 saturated carbocycles. The molecule has 0 rings (SSSR count). The summed E-state index contributed by atoms with van der Waals surface area (Å²) in [5.41, 5.74) is 10.9. The number of carbonyl (C=O) groups excluding carboxylic acids is 4. The van der Waals surface area contributed by atoms with E-state index in [0.29, 0.717) is 17.9 Å². The van der Waals surface area contributed by atoms with Crippen molar-refractivity contribution in [1.29, 1.82) is 0 Å². The number of rotatable bonds is 17. The van der Waals surface area contributed by atoms with E-state index in [2.05, 4.69) is 28.6 Å². The Balaban J connectivity index is 5.18. The van der Waals surface area contributed by atoms with Crippen LogP contribution in [-0.2, 0) is 24.0 Å². The number of aliphatic carboxylic acids is 1. The second kappa shape index (κ2) is 16.9. The van der Waals surface area contributed by atoms with Crippen LogP contribution >= 0.6 is 36.2 Å². The Hall–Kier alpha value is -1.64. The fourth-order valence-electron chi connectivity index (χ4n) is 2.44. The SMILES string of the molecule is CSCCC(N)C(=O)NC(CS)C(=O)NC(CCSC)C(=O)NC(CCC(N)=O)C(=O)O. The highest BCUT2D eigenvalue weighted by Crippen LogP contribution is 2.05. The Kier molecular flexibility index (Phi) is 16.1. The van der Waals surface area contributed by atoms with E-state index in [4.69, 9.17) is 11.5 Å². The number of amides is 4. The zero-order chi connectivity index (χ0) is 24.7. The molecular formula is C18H33N5O6S3. The maximum absolute atomic E-state index is 12.7. The highest BCUT2D eigenvalue weighted by atomic mass is 32.2. The molecule has 14 heteroatoms. The molecule has 0 aliphatic carbocycles. The fraction of sp³-hybridized carbons (Fsp3) is 0.722. The third-order valence-corrected chi connectivity index (χ3v) is 5.98. The van der Waals surface area contributed by atoms with Gasteiger partial charge in [-0.05, 0) is 43.3 Å². The summed E-state index contributed by atoms with van der Waals surface area (Å²) in [6.45, 7) is 0. The molecule has 0 aromatic rings. The van der Waals surface area contributed by atoms with Crippen LogP contribution in [0.15, 0.2) is 0 Å². The highest BCUT2D eigenvalue weighted by molar-refractivity contribution is 7.98. The minimum absolute atomic E-state index is 0.0277. The minimum Gasteiger partial charge on any atom is -0.480 e. The molecule has 0 fully saturated rings. The first kappa shape index (κ1) is 30.4. The predicted molar refractivity (Wildman–Crippen MR) is 130 cm³/mol. The summed E-state index contributed by atoms with van der Waals surface area (Å²) in [6.07, 6.45) is 3.97. The van der Waals surface area contributed by atoms with Crippen molar-refractivity contribution in [2.24, 2.45) is 11.5 Å². The third kappa shape index (κ3) is 12.4. The van der Waals surface area contributed by atoms with Gasteiger partial charge in [0, 0.05) is 12.2 Å². The normalized spacial score (nSPS) is 14.5. The van der Waals surface area contributed by atoms with Crippen molar-refractivity contribution in [3.8, 4) is 0 Å². The Morgan fingerprint density at radius 2 is 1.34 bits per heavy atom. The van der Waals surface area contributed by atoms with Crippen LogP contribution in [0.4, 0.5) is 0 Å². The summed E-state index contributed by atoms with van der Waals surface area (Å²) >= 11 is 7.07. The van der Waals surface area contributed by atoms with E-state index in [1.807, 2.05) is 12.5 Å². The molecule has 11 nitrogen and oxygen atoms in total. The van der Waals surface area contributed by atoms with Crippen molar-refractivity contribution in [3.63, 3.8) is 0 Å². The fourth-order valence-corrected chi connectivity index (χ4v) is 3.66. The van der Waals surface area contributed by atoms with Crippen molar-refractivity contribution >= 4 is 65.8 Å². The van der Waals surface area contributed by atoms with E-state index in [1.165, 1.54) is 11.8 Å². The number of thiol groups is 1. The van der Waals surface area contributed by atoms with Crippen LogP contribution < -0.4 is 27.4 Å². The van der Waals surface area contributed by atoms with Crippen molar-refractivity contribution in [1.82, 2.24) is 16.0 Å². The molecule has 0 aromatic carbocycles. The maximum Gasteiger partial charge on any atom is 0.326 e. The van der Waals surface area contributed by atoms with Crippen LogP contribution in [0.25, 0.3) is 0 Å². The van der Waals surface area contributed by atoms with Gasteiger partial charge in [0.15, 0.2) is 0 Å². The molecular weight excluding hydrogens is 478 g/mol. The van der Waals surface area contributed by atoms with E-state index < -0.39 is 53.8 Å². The molecule has 0 bridgehead atoms. The lowest BCUT2D eigenvalue weighted by atomic mass is 10.1. The average Bonchev–Trinajstić information content (AvgIpc) is 2.74. The van der Waals surface area contributed by atoms with Crippen molar-refractivity contribution in [3.05, 3.63) is 0 Å². The zero-order valence-corrected chi connectivity index (χ0v) is 20.7. The van der Waals surface area contributed by atoms with Gasteiger partial charge in [-0.1, -0.05) is 0 Å². The molecule has 0 aromatic heterocycles. The molecule has 4 amide bonds. The number of nitrogens with one attached hydrogen (secondary N) is 3. The smallest absolute Gasteiger partial charge is 0.326 e. The molecule has 0 saturated heterocycles. The van der Waals surface area contributed by atoms with Crippen LogP contribution in [0.5, 0.6) is 0 Å². The molecule has 0 radical (unpaired) electrons. The monoisotopic (exact) mass is 511 g/mol. The second-order valence-electron chi connectivity index (χ2n) is 6.88.